The minimum absolute atomic E-state index is 0.0965. The van der Waals surface area contributed by atoms with Crippen LogP contribution >= 0.6 is 0 Å². The standard InChI is InChI=1S/C25H28N4O4/c1-17-5-7-19(8-6-17)28-24(30)20-15-22(23(29(32)33)16-21(20)25(28)31)27-13-9-18(10-14-27)26-11-3-2-4-12-26/h5-8,15-16,18H,2-4,9-14H2,1H3. The summed E-state index contributed by atoms with van der Waals surface area (Å²) in [7, 11) is 0. The zero-order valence-corrected chi connectivity index (χ0v) is 18.8. The monoisotopic (exact) mass is 448 g/mol. The first-order chi connectivity index (χ1) is 15.9. The van der Waals surface area contributed by atoms with Crippen LogP contribution in [-0.4, -0.2) is 53.9 Å². The number of carbonyl (C=O) groups is 2. The Hall–Kier alpha value is -3.26. The van der Waals surface area contributed by atoms with Crippen molar-refractivity contribution in [2.45, 2.75) is 45.1 Å². The smallest absolute Gasteiger partial charge is 0.293 e. The molecule has 8 heteroatoms. The van der Waals surface area contributed by atoms with Crippen molar-refractivity contribution in [1.29, 1.82) is 0 Å². The molecule has 0 unspecified atom stereocenters. The summed E-state index contributed by atoms with van der Waals surface area (Å²) >= 11 is 0. The van der Waals surface area contributed by atoms with Gasteiger partial charge in [-0.1, -0.05) is 24.1 Å². The molecule has 0 atom stereocenters. The lowest BCUT2D eigenvalue weighted by Gasteiger charge is -2.40. The maximum atomic E-state index is 13.2. The third kappa shape index (κ3) is 3.88. The predicted molar refractivity (Wildman–Crippen MR) is 126 cm³/mol. The van der Waals surface area contributed by atoms with E-state index in [1.165, 1.54) is 25.3 Å². The number of aryl methyl sites for hydroxylation is 1. The van der Waals surface area contributed by atoms with E-state index in [1.54, 1.807) is 18.2 Å². The Morgan fingerprint density at radius 3 is 2.09 bits per heavy atom. The fraction of sp³-hybridized carbons (Fsp3) is 0.440. The molecular formula is C25H28N4O4. The van der Waals surface area contributed by atoms with Gasteiger partial charge >= 0.3 is 0 Å². The van der Waals surface area contributed by atoms with Gasteiger partial charge in [0.05, 0.1) is 21.7 Å². The lowest BCUT2D eigenvalue weighted by Crippen LogP contribution is -2.46. The zero-order chi connectivity index (χ0) is 23.1. The molecule has 0 bridgehead atoms. The van der Waals surface area contributed by atoms with Gasteiger partial charge in [-0.2, -0.15) is 0 Å². The number of nitro benzene ring substituents is 1. The number of nitrogens with zero attached hydrogens (tertiary/aromatic N) is 4. The second-order valence-corrected chi connectivity index (χ2v) is 9.24. The third-order valence-corrected chi connectivity index (χ3v) is 7.18. The van der Waals surface area contributed by atoms with Crippen LogP contribution in [0, 0.1) is 17.0 Å². The number of anilines is 2. The quantitative estimate of drug-likeness (QED) is 0.397. The lowest BCUT2D eigenvalue weighted by molar-refractivity contribution is -0.384. The van der Waals surface area contributed by atoms with Crippen LogP contribution in [0.5, 0.6) is 0 Å². The fourth-order valence-electron chi connectivity index (χ4n) is 5.35. The largest absolute Gasteiger partial charge is 0.366 e. The van der Waals surface area contributed by atoms with Gasteiger partial charge in [-0.25, -0.2) is 4.90 Å². The Kier molecular flexibility index (Phi) is 5.62. The van der Waals surface area contributed by atoms with Crippen molar-refractivity contribution in [1.82, 2.24) is 4.90 Å². The lowest BCUT2D eigenvalue weighted by atomic mass is 9.98. The highest BCUT2D eigenvalue weighted by Crippen LogP contribution is 2.38. The highest BCUT2D eigenvalue weighted by molar-refractivity contribution is 6.35. The average molecular weight is 449 g/mol. The topological polar surface area (TPSA) is 87.0 Å². The Balaban J connectivity index is 1.42. The van der Waals surface area contributed by atoms with Crippen molar-refractivity contribution in [3.8, 4) is 0 Å². The summed E-state index contributed by atoms with van der Waals surface area (Å²) in [5.74, 6) is -0.949. The molecule has 5 rings (SSSR count). The molecule has 8 nitrogen and oxygen atoms in total. The summed E-state index contributed by atoms with van der Waals surface area (Å²) in [6.45, 7) is 5.59. The Morgan fingerprint density at radius 1 is 0.879 bits per heavy atom. The highest BCUT2D eigenvalue weighted by atomic mass is 16.6. The van der Waals surface area contributed by atoms with Crippen molar-refractivity contribution >= 4 is 28.9 Å². The van der Waals surface area contributed by atoms with Gasteiger partial charge in [0.1, 0.15) is 5.69 Å². The van der Waals surface area contributed by atoms with E-state index in [4.69, 9.17) is 0 Å². The molecule has 2 saturated heterocycles. The van der Waals surface area contributed by atoms with E-state index < -0.39 is 16.7 Å². The van der Waals surface area contributed by atoms with Crippen molar-refractivity contribution in [2.24, 2.45) is 0 Å². The molecule has 0 aliphatic carbocycles. The summed E-state index contributed by atoms with van der Waals surface area (Å²) in [6.07, 6.45) is 5.66. The number of rotatable bonds is 4. The van der Waals surface area contributed by atoms with E-state index in [1.807, 2.05) is 24.0 Å². The van der Waals surface area contributed by atoms with Crippen molar-refractivity contribution in [2.75, 3.05) is 36.0 Å². The van der Waals surface area contributed by atoms with Crippen LogP contribution in [-0.2, 0) is 0 Å². The van der Waals surface area contributed by atoms with Crippen molar-refractivity contribution < 1.29 is 14.5 Å². The van der Waals surface area contributed by atoms with Gasteiger partial charge in [-0.3, -0.25) is 19.7 Å². The number of hydrogen-bond acceptors (Lipinski definition) is 6. The second kappa shape index (κ2) is 8.59. The number of carbonyl (C=O) groups excluding carboxylic acids is 2. The third-order valence-electron chi connectivity index (χ3n) is 7.18. The number of likely N-dealkylation sites (tertiary alicyclic amines) is 1. The normalized spacial score (nSPS) is 19.8. The first-order valence-corrected chi connectivity index (χ1v) is 11.7. The maximum Gasteiger partial charge on any atom is 0.293 e. The minimum Gasteiger partial charge on any atom is -0.366 e. The summed E-state index contributed by atoms with van der Waals surface area (Å²) in [5, 5.41) is 11.9. The van der Waals surface area contributed by atoms with Crippen molar-refractivity contribution in [3.05, 3.63) is 63.2 Å². The van der Waals surface area contributed by atoms with Gasteiger partial charge < -0.3 is 9.80 Å². The van der Waals surface area contributed by atoms with Crippen LogP contribution in [0.1, 0.15) is 58.4 Å². The Morgan fingerprint density at radius 2 is 1.48 bits per heavy atom. The van der Waals surface area contributed by atoms with E-state index >= 15 is 0 Å². The molecule has 0 aromatic heterocycles. The van der Waals surface area contributed by atoms with Crippen LogP contribution in [0.15, 0.2) is 36.4 Å². The molecule has 33 heavy (non-hydrogen) atoms. The zero-order valence-electron chi connectivity index (χ0n) is 18.8. The molecule has 3 aliphatic rings. The second-order valence-electron chi connectivity index (χ2n) is 9.24. The molecule has 0 radical (unpaired) electrons. The molecule has 0 spiro atoms. The van der Waals surface area contributed by atoms with Crippen LogP contribution < -0.4 is 9.80 Å². The molecule has 3 heterocycles. The molecule has 3 aliphatic heterocycles. The number of hydrogen-bond donors (Lipinski definition) is 0. The van der Waals surface area contributed by atoms with E-state index in [0.717, 1.165) is 36.4 Å². The summed E-state index contributed by atoms with van der Waals surface area (Å²) < 4.78 is 0. The fourth-order valence-corrected chi connectivity index (χ4v) is 5.35. The number of fused-ring (bicyclic) bond motifs is 1. The maximum absolute atomic E-state index is 13.2. The van der Waals surface area contributed by atoms with Gasteiger partial charge in [0.25, 0.3) is 17.5 Å². The Labute approximate surface area is 192 Å². The van der Waals surface area contributed by atoms with Gasteiger partial charge in [0.2, 0.25) is 0 Å². The van der Waals surface area contributed by atoms with E-state index in [9.17, 15) is 19.7 Å². The highest BCUT2D eigenvalue weighted by Gasteiger charge is 2.40. The number of piperidine rings is 2. The SMILES string of the molecule is Cc1ccc(N2C(=O)c3cc(N4CCC(N5CCCCC5)CC4)c([N+](=O)[O-])cc3C2=O)cc1. The molecule has 172 valence electrons. The molecular weight excluding hydrogens is 420 g/mol. The van der Waals surface area contributed by atoms with Crippen LogP contribution in [0.3, 0.4) is 0 Å². The summed E-state index contributed by atoms with van der Waals surface area (Å²) in [5.41, 5.74) is 2.14. The molecule has 2 aromatic rings. The van der Waals surface area contributed by atoms with Crippen LogP contribution in [0.2, 0.25) is 0 Å². The Bertz CT molecular complexity index is 1100. The number of nitro groups is 1. The van der Waals surface area contributed by atoms with Crippen LogP contribution in [0.4, 0.5) is 17.1 Å². The average Bonchev–Trinajstić information content (AvgIpc) is 3.09. The number of benzene rings is 2. The van der Waals surface area contributed by atoms with Gasteiger partial charge in [0.15, 0.2) is 0 Å². The number of imide groups is 1. The number of amides is 2. The predicted octanol–water partition coefficient (Wildman–Crippen LogP) is 4.16. The van der Waals surface area contributed by atoms with E-state index in [0.29, 0.717) is 30.5 Å². The minimum atomic E-state index is -0.516. The summed E-state index contributed by atoms with van der Waals surface area (Å²) in [4.78, 5) is 43.4. The first-order valence-electron chi connectivity index (χ1n) is 11.7. The van der Waals surface area contributed by atoms with Gasteiger partial charge in [-0.05, 0) is 63.9 Å². The van der Waals surface area contributed by atoms with Crippen molar-refractivity contribution in [3.63, 3.8) is 0 Å². The molecule has 0 saturated carbocycles. The first kappa shape index (κ1) is 21.6. The van der Waals surface area contributed by atoms with Gasteiger partial charge in [0, 0.05) is 25.2 Å². The summed E-state index contributed by atoms with van der Waals surface area (Å²) in [6, 6.07) is 10.5. The molecule has 2 fully saturated rings. The molecule has 2 amide bonds. The van der Waals surface area contributed by atoms with Crippen LogP contribution in [0.25, 0.3) is 0 Å². The molecule has 2 aromatic carbocycles. The van der Waals surface area contributed by atoms with E-state index in [-0.39, 0.29) is 16.8 Å². The van der Waals surface area contributed by atoms with E-state index in [2.05, 4.69) is 4.90 Å². The molecule has 0 N–H and O–H groups in total. The van der Waals surface area contributed by atoms with Gasteiger partial charge in [-0.15, -0.1) is 0 Å².